The minimum Gasteiger partial charge on any atom is -0.462 e. The van der Waals surface area contributed by atoms with Crippen LogP contribution in [0.5, 0.6) is 0 Å². The summed E-state index contributed by atoms with van der Waals surface area (Å²) in [5.74, 6) is -0.847. The molecule has 0 spiro atoms. The molecule has 1 atom stereocenters. The van der Waals surface area contributed by atoms with E-state index in [0.29, 0.717) is 19.3 Å². The zero-order valence-electron chi connectivity index (χ0n) is 45.2. The fraction of sp³-hybridized carbons (Fsp3) is 0.885. The summed E-state index contributed by atoms with van der Waals surface area (Å²) in [6.07, 6.45) is 65.9. The molecule has 0 rings (SSSR count). The third-order valence-electron chi connectivity index (χ3n) is 13.5. The smallest absolute Gasteiger partial charge is 0.306 e. The average Bonchev–Trinajstić information content (AvgIpc) is 3.33. The van der Waals surface area contributed by atoms with Gasteiger partial charge in [0.1, 0.15) is 13.2 Å². The van der Waals surface area contributed by atoms with Crippen molar-refractivity contribution in [1.29, 1.82) is 0 Å². The first-order chi connectivity index (χ1) is 33.0. The van der Waals surface area contributed by atoms with Crippen molar-refractivity contribution >= 4 is 17.9 Å². The van der Waals surface area contributed by atoms with Crippen LogP contribution in [-0.2, 0) is 28.6 Å². The Morgan fingerprint density at radius 2 is 0.537 bits per heavy atom. The van der Waals surface area contributed by atoms with Crippen molar-refractivity contribution in [1.82, 2.24) is 0 Å². The van der Waals surface area contributed by atoms with Crippen molar-refractivity contribution in [2.75, 3.05) is 13.2 Å². The standard InChI is InChI=1S/C61H114O6/c1-4-7-10-13-16-19-22-25-28-30-31-32-34-36-39-42-45-48-51-54-60(63)66-57-58(56-65-59(62)53-50-47-44-41-38-35-27-24-21-18-15-12-9-6-3)67-61(64)55-52-49-46-43-40-37-33-29-26-23-20-17-14-11-8-5-2/h16,19,25,28,58H,4-15,17-18,20-24,26-27,29-57H2,1-3H3/b19-16-,28-25-. The number of rotatable bonds is 55. The molecule has 0 radical (unpaired) electrons. The molecule has 1 unspecified atom stereocenters. The van der Waals surface area contributed by atoms with Crippen LogP contribution in [0.2, 0.25) is 0 Å². The van der Waals surface area contributed by atoms with E-state index in [9.17, 15) is 14.4 Å². The van der Waals surface area contributed by atoms with Gasteiger partial charge in [0.2, 0.25) is 0 Å². The van der Waals surface area contributed by atoms with Gasteiger partial charge >= 0.3 is 17.9 Å². The molecule has 0 aromatic carbocycles. The minimum atomic E-state index is -0.768. The van der Waals surface area contributed by atoms with E-state index >= 15 is 0 Å². The maximum atomic E-state index is 12.9. The van der Waals surface area contributed by atoms with Gasteiger partial charge in [0.15, 0.2) is 6.10 Å². The number of hydrogen-bond acceptors (Lipinski definition) is 6. The van der Waals surface area contributed by atoms with E-state index in [0.717, 1.165) is 64.2 Å². The predicted octanol–water partition coefficient (Wildman–Crippen LogP) is 19.9. The Morgan fingerprint density at radius 1 is 0.299 bits per heavy atom. The van der Waals surface area contributed by atoms with Crippen molar-refractivity contribution in [3.05, 3.63) is 24.3 Å². The van der Waals surface area contributed by atoms with Crippen molar-refractivity contribution in [2.45, 2.75) is 335 Å². The van der Waals surface area contributed by atoms with Crippen LogP contribution in [0.4, 0.5) is 0 Å². The van der Waals surface area contributed by atoms with Crippen molar-refractivity contribution in [2.24, 2.45) is 0 Å². The second kappa shape index (κ2) is 56.5. The topological polar surface area (TPSA) is 78.9 Å². The molecule has 0 heterocycles. The maximum Gasteiger partial charge on any atom is 0.306 e. The summed E-state index contributed by atoms with van der Waals surface area (Å²) >= 11 is 0. The van der Waals surface area contributed by atoms with E-state index in [1.54, 1.807) is 0 Å². The molecule has 0 aromatic heterocycles. The molecule has 0 saturated carbocycles. The fourth-order valence-corrected chi connectivity index (χ4v) is 8.95. The molecule has 0 aliphatic carbocycles. The molecule has 67 heavy (non-hydrogen) atoms. The first-order valence-electron chi connectivity index (χ1n) is 29.8. The van der Waals surface area contributed by atoms with Crippen LogP contribution < -0.4 is 0 Å². The molecular formula is C61H114O6. The second-order valence-electron chi connectivity index (χ2n) is 20.3. The summed E-state index contributed by atoms with van der Waals surface area (Å²) in [5.41, 5.74) is 0. The number of unbranched alkanes of at least 4 members (excludes halogenated alkanes) is 40. The summed E-state index contributed by atoms with van der Waals surface area (Å²) in [6, 6.07) is 0. The van der Waals surface area contributed by atoms with Gasteiger partial charge in [-0.2, -0.15) is 0 Å². The van der Waals surface area contributed by atoms with Crippen molar-refractivity contribution in [3.8, 4) is 0 Å². The molecule has 0 aromatic rings. The molecule has 0 N–H and O–H groups in total. The quantitative estimate of drug-likeness (QED) is 0.0262. The first kappa shape index (κ1) is 64.9. The molecular weight excluding hydrogens is 829 g/mol. The number of carbonyl (C=O) groups is 3. The molecule has 394 valence electrons. The molecule has 0 fully saturated rings. The number of carbonyl (C=O) groups excluding carboxylic acids is 3. The Labute approximate surface area is 417 Å². The van der Waals surface area contributed by atoms with Gasteiger partial charge < -0.3 is 14.2 Å². The number of hydrogen-bond donors (Lipinski definition) is 0. The third kappa shape index (κ3) is 54.7. The number of ether oxygens (including phenoxy) is 3. The molecule has 0 aliphatic rings. The van der Waals surface area contributed by atoms with Gasteiger partial charge in [-0.05, 0) is 51.4 Å². The van der Waals surface area contributed by atoms with Crippen LogP contribution in [0.25, 0.3) is 0 Å². The Kier molecular flexibility index (Phi) is 54.7. The largest absolute Gasteiger partial charge is 0.462 e. The summed E-state index contributed by atoms with van der Waals surface area (Å²) in [6.45, 7) is 6.67. The van der Waals surface area contributed by atoms with Gasteiger partial charge in [0, 0.05) is 19.3 Å². The van der Waals surface area contributed by atoms with Crippen LogP contribution in [0.1, 0.15) is 329 Å². The van der Waals surface area contributed by atoms with Crippen molar-refractivity contribution < 1.29 is 28.6 Å². The van der Waals surface area contributed by atoms with Gasteiger partial charge in [-0.1, -0.05) is 283 Å². The summed E-state index contributed by atoms with van der Waals surface area (Å²) in [4.78, 5) is 38.2. The second-order valence-corrected chi connectivity index (χ2v) is 20.3. The van der Waals surface area contributed by atoms with Gasteiger partial charge in [0.05, 0.1) is 0 Å². The zero-order chi connectivity index (χ0) is 48.6. The van der Waals surface area contributed by atoms with E-state index in [-0.39, 0.29) is 31.1 Å². The average molecular weight is 944 g/mol. The highest BCUT2D eigenvalue weighted by atomic mass is 16.6. The SMILES string of the molecule is CCCCC/C=C\C/C=C\CCCCCCCCCCCC(=O)OCC(COC(=O)CCCCCCCCCCCCCCCC)OC(=O)CCCCCCCCCCCCCCCCCC. The first-order valence-corrected chi connectivity index (χ1v) is 29.8. The van der Waals surface area contributed by atoms with E-state index in [4.69, 9.17) is 14.2 Å². The Balaban J connectivity index is 4.31. The summed E-state index contributed by atoms with van der Waals surface area (Å²) in [7, 11) is 0. The lowest BCUT2D eigenvalue weighted by Gasteiger charge is -2.18. The maximum absolute atomic E-state index is 12.9. The van der Waals surface area contributed by atoms with E-state index in [2.05, 4.69) is 45.1 Å². The molecule has 0 aliphatic heterocycles. The summed E-state index contributed by atoms with van der Waals surface area (Å²) < 4.78 is 16.9. The number of esters is 3. The van der Waals surface area contributed by atoms with E-state index < -0.39 is 6.10 Å². The normalized spacial score (nSPS) is 12.1. The van der Waals surface area contributed by atoms with Crippen LogP contribution >= 0.6 is 0 Å². The minimum absolute atomic E-state index is 0.0665. The van der Waals surface area contributed by atoms with E-state index in [1.807, 2.05) is 0 Å². The summed E-state index contributed by atoms with van der Waals surface area (Å²) in [5, 5.41) is 0. The zero-order valence-corrected chi connectivity index (χ0v) is 45.2. The lowest BCUT2D eigenvalue weighted by molar-refractivity contribution is -0.167. The molecule has 6 heteroatoms. The highest BCUT2D eigenvalue weighted by Crippen LogP contribution is 2.17. The lowest BCUT2D eigenvalue weighted by Crippen LogP contribution is -2.30. The highest BCUT2D eigenvalue weighted by molar-refractivity contribution is 5.71. The molecule has 0 saturated heterocycles. The molecule has 0 bridgehead atoms. The van der Waals surface area contributed by atoms with Gasteiger partial charge in [-0.15, -0.1) is 0 Å². The van der Waals surface area contributed by atoms with Crippen molar-refractivity contribution in [3.63, 3.8) is 0 Å². The van der Waals surface area contributed by atoms with Crippen LogP contribution in [0, 0.1) is 0 Å². The Morgan fingerprint density at radius 3 is 0.851 bits per heavy atom. The number of allylic oxidation sites excluding steroid dienone is 4. The monoisotopic (exact) mass is 943 g/mol. The lowest BCUT2D eigenvalue weighted by atomic mass is 10.0. The Hall–Kier alpha value is -2.11. The molecule has 6 nitrogen and oxygen atoms in total. The van der Waals surface area contributed by atoms with E-state index in [1.165, 1.54) is 225 Å². The third-order valence-corrected chi connectivity index (χ3v) is 13.5. The predicted molar refractivity (Wildman–Crippen MR) is 289 cm³/mol. The van der Waals surface area contributed by atoms with Gasteiger partial charge in [-0.3, -0.25) is 14.4 Å². The Bertz CT molecular complexity index is 1080. The molecule has 0 amide bonds. The van der Waals surface area contributed by atoms with Crippen LogP contribution in [0.3, 0.4) is 0 Å². The highest BCUT2D eigenvalue weighted by Gasteiger charge is 2.19. The van der Waals surface area contributed by atoms with Crippen LogP contribution in [0.15, 0.2) is 24.3 Å². The van der Waals surface area contributed by atoms with Gasteiger partial charge in [-0.25, -0.2) is 0 Å². The van der Waals surface area contributed by atoms with Gasteiger partial charge in [0.25, 0.3) is 0 Å². The van der Waals surface area contributed by atoms with Crippen LogP contribution in [-0.4, -0.2) is 37.2 Å². The fourth-order valence-electron chi connectivity index (χ4n) is 8.95.